The highest BCUT2D eigenvalue weighted by Gasteiger charge is 2.52. The van der Waals surface area contributed by atoms with Crippen LogP contribution in [0.4, 0.5) is 0 Å². The van der Waals surface area contributed by atoms with Crippen molar-refractivity contribution < 1.29 is 0 Å². The minimum atomic E-state index is 0.0474. The normalized spacial score (nSPS) is 42.4. The van der Waals surface area contributed by atoms with Crippen LogP contribution in [-0.2, 0) is 0 Å². The number of nitrogens with one attached hydrogen (secondary N) is 1. The number of nitriles is 1. The molecule has 14 heavy (non-hydrogen) atoms. The lowest BCUT2D eigenvalue weighted by Crippen LogP contribution is -2.26. The summed E-state index contributed by atoms with van der Waals surface area (Å²) in [5, 5.41) is 12.6. The molecule has 3 rings (SSSR count). The maximum Gasteiger partial charge on any atom is 0.0703 e. The Morgan fingerprint density at radius 3 is 2.36 bits per heavy atom. The van der Waals surface area contributed by atoms with Crippen molar-refractivity contribution in [1.82, 2.24) is 5.32 Å². The Bertz CT molecular complexity index is 263. The zero-order valence-electron chi connectivity index (χ0n) is 8.63. The number of hydrogen-bond acceptors (Lipinski definition) is 2. The van der Waals surface area contributed by atoms with Crippen LogP contribution in [0.1, 0.15) is 38.5 Å². The van der Waals surface area contributed by atoms with Gasteiger partial charge in [0.2, 0.25) is 0 Å². The van der Waals surface area contributed by atoms with Crippen LogP contribution in [0.5, 0.6) is 0 Å². The Balaban J connectivity index is 1.49. The van der Waals surface area contributed by atoms with E-state index in [2.05, 4.69) is 11.4 Å². The van der Waals surface area contributed by atoms with Crippen molar-refractivity contribution in [2.45, 2.75) is 44.6 Å². The largest absolute Gasteiger partial charge is 0.312 e. The molecule has 2 unspecified atom stereocenters. The van der Waals surface area contributed by atoms with E-state index in [1.54, 1.807) is 0 Å². The van der Waals surface area contributed by atoms with Crippen molar-refractivity contribution in [3.63, 3.8) is 0 Å². The van der Waals surface area contributed by atoms with Crippen LogP contribution in [0.2, 0.25) is 0 Å². The van der Waals surface area contributed by atoms with Gasteiger partial charge in [0, 0.05) is 12.6 Å². The van der Waals surface area contributed by atoms with E-state index in [-0.39, 0.29) is 5.41 Å². The molecule has 0 saturated heterocycles. The van der Waals surface area contributed by atoms with E-state index in [9.17, 15) is 0 Å². The molecule has 0 aromatic rings. The summed E-state index contributed by atoms with van der Waals surface area (Å²) in [7, 11) is 0. The van der Waals surface area contributed by atoms with Gasteiger partial charge < -0.3 is 5.32 Å². The lowest BCUT2D eigenvalue weighted by atomic mass is 10.0. The predicted molar refractivity (Wildman–Crippen MR) is 54.5 cm³/mol. The molecule has 2 atom stereocenters. The van der Waals surface area contributed by atoms with Gasteiger partial charge in [-0.2, -0.15) is 5.26 Å². The van der Waals surface area contributed by atoms with Crippen molar-refractivity contribution in [2.24, 2.45) is 17.3 Å². The van der Waals surface area contributed by atoms with Gasteiger partial charge >= 0.3 is 0 Å². The molecule has 3 aliphatic rings. The molecule has 0 radical (unpaired) electrons. The fourth-order valence-corrected chi connectivity index (χ4v) is 3.09. The molecular formula is C12H18N2. The van der Waals surface area contributed by atoms with Gasteiger partial charge in [0.25, 0.3) is 0 Å². The lowest BCUT2D eigenvalue weighted by molar-refractivity contribution is 0.480. The predicted octanol–water partition coefficient (Wildman–Crippen LogP) is 2.07. The van der Waals surface area contributed by atoms with Crippen molar-refractivity contribution >= 4 is 0 Å². The topological polar surface area (TPSA) is 35.8 Å². The third kappa shape index (κ3) is 1.35. The van der Waals surface area contributed by atoms with E-state index in [1.807, 2.05) is 0 Å². The summed E-state index contributed by atoms with van der Waals surface area (Å²) in [6.45, 7) is 0.959. The second-order valence-electron chi connectivity index (χ2n) is 5.41. The molecular weight excluding hydrogens is 172 g/mol. The second-order valence-corrected chi connectivity index (χ2v) is 5.41. The molecule has 76 valence electrons. The van der Waals surface area contributed by atoms with E-state index in [4.69, 9.17) is 5.26 Å². The molecule has 3 aliphatic carbocycles. The monoisotopic (exact) mass is 190 g/mol. The summed E-state index contributed by atoms with van der Waals surface area (Å²) in [5.74, 6) is 1.94. The summed E-state index contributed by atoms with van der Waals surface area (Å²) >= 11 is 0. The molecule has 2 heteroatoms. The molecule has 1 N–H and O–H groups in total. The van der Waals surface area contributed by atoms with Crippen LogP contribution in [0.3, 0.4) is 0 Å². The molecule has 3 saturated carbocycles. The molecule has 0 aromatic carbocycles. The van der Waals surface area contributed by atoms with Gasteiger partial charge in [-0.25, -0.2) is 0 Å². The molecule has 0 aromatic heterocycles. The zero-order chi connectivity index (χ0) is 9.60. The van der Waals surface area contributed by atoms with E-state index in [1.165, 1.54) is 25.7 Å². The third-order valence-corrected chi connectivity index (χ3v) is 4.42. The quantitative estimate of drug-likeness (QED) is 0.739. The van der Waals surface area contributed by atoms with Gasteiger partial charge in [0.05, 0.1) is 11.5 Å². The van der Waals surface area contributed by atoms with Gasteiger partial charge in [-0.3, -0.25) is 0 Å². The van der Waals surface area contributed by atoms with E-state index in [0.29, 0.717) is 0 Å². The average molecular weight is 190 g/mol. The van der Waals surface area contributed by atoms with Crippen molar-refractivity contribution in [1.29, 1.82) is 5.26 Å². The Kier molecular flexibility index (Phi) is 1.85. The summed E-state index contributed by atoms with van der Waals surface area (Å²) in [4.78, 5) is 0. The summed E-state index contributed by atoms with van der Waals surface area (Å²) in [6.07, 6.45) is 7.98. The van der Waals surface area contributed by atoms with Gasteiger partial charge in [-0.15, -0.1) is 0 Å². The van der Waals surface area contributed by atoms with Crippen LogP contribution >= 0.6 is 0 Å². The maximum atomic E-state index is 8.96. The fraction of sp³-hybridized carbons (Fsp3) is 0.917. The van der Waals surface area contributed by atoms with Crippen molar-refractivity contribution in [2.75, 3.05) is 6.54 Å². The fourth-order valence-electron chi connectivity index (χ4n) is 3.09. The van der Waals surface area contributed by atoms with Crippen LogP contribution in [0.15, 0.2) is 0 Å². The van der Waals surface area contributed by atoms with Gasteiger partial charge in [-0.05, 0) is 37.5 Å². The summed E-state index contributed by atoms with van der Waals surface area (Å²) in [6, 6.07) is 3.24. The van der Waals surface area contributed by atoms with Gasteiger partial charge in [0.1, 0.15) is 0 Å². The highest BCUT2D eigenvalue weighted by molar-refractivity contribution is 5.13. The Labute approximate surface area is 85.7 Å². The molecule has 0 aliphatic heterocycles. The first-order valence-electron chi connectivity index (χ1n) is 5.99. The maximum absolute atomic E-state index is 8.96. The third-order valence-electron chi connectivity index (χ3n) is 4.42. The van der Waals surface area contributed by atoms with Gasteiger partial charge in [-0.1, -0.05) is 12.8 Å². The van der Waals surface area contributed by atoms with Crippen LogP contribution < -0.4 is 5.32 Å². The minimum Gasteiger partial charge on any atom is -0.312 e. The SMILES string of the molecule is N#CC1(CNC2C3CCCCC32)CC1. The van der Waals surface area contributed by atoms with Crippen molar-refractivity contribution in [3.8, 4) is 6.07 Å². The van der Waals surface area contributed by atoms with E-state index >= 15 is 0 Å². The van der Waals surface area contributed by atoms with Crippen molar-refractivity contribution in [3.05, 3.63) is 0 Å². The Morgan fingerprint density at radius 2 is 1.86 bits per heavy atom. The second kappa shape index (κ2) is 2.97. The summed E-state index contributed by atoms with van der Waals surface area (Å²) < 4.78 is 0. The standard InChI is InChI=1S/C12H18N2/c13-7-12(5-6-12)8-14-11-9-3-1-2-4-10(9)11/h9-11,14H,1-6,8H2. The highest BCUT2D eigenvalue weighted by Crippen LogP contribution is 2.51. The number of rotatable bonds is 3. The van der Waals surface area contributed by atoms with Crippen LogP contribution in [-0.4, -0.2) is 12.6 Å². The van der Waals surface area contributed by atoms with Gasteiger partial charge in [0.15, 0.2) is 0 Å². The number of fused-ring (bicyclic) bond motifs is 1. The molecule has 0 amide bonds. The number of hydrogen-bond donors (Lipinski definition) is 1. The smallest absolute Gasteiger partial charge is 0.0703 e. The Hall–Kier alpha value is -0.550. The summed E-state index contributed by atoms with van der Waals surface area (Å²) in [5.41, 5.74) is 0.0474. The average Bonchev–Trinajstić information content (AvgIpc) is 3.11. The van der Waals surface area contributed by atoms with Crippen LogP contribution in [0, 0.1) is 28.6 Å². The van der Waals surface area contributed by atoms with E-state index < -0.39 is 0 Å². The first-order chi connectivity index (χ1) is 6.85. The van der Waals surface area contributed by atoms with E-state index in [0.717, 1.165) is 37.3 Å². The molecule has 0 bridgehead atoms. The molecule has 0 heterocycles. The minimum absolute atomic E-state index is 0.0474. The highest BCUT2D eigenvalue weighted by atomic mass is 15.0. The first-order valence-corrected chi connectivity index (χ1v) is 5.99. The zero-order valence-corrected chi connectivity index (χ0v) is 8.63. The Morgan fingerprint density at radius 1 is 1.21 bits per heavy atom. The lowest BCUT2D eigenvalue weighted by Gasteiger charge is -2.06. The molecule has 3 fully saturated rings. The molecule has 2 nitrogen and oxygen atoms in total. The van der Waals surface area contributed by atoms with Crippen LogP contribution in [0.25, 0.3) is 0 Å². The molecule has 0 spiro atoms. The number of nitrogens with zero attached hydrogens (tertiary/aromatic N) is 1. The first kappa shape index (κ1) is 8.73.